The molecule has 1 N–H and O–H groups in total. The van der Waals surface area contributed by atoms with E-state index >= 15 is 0 Å². The molecule has 0 saturated heterocycles. The van der Waals surface area contributed by atoms with Crippen LogP contribution in [0.25, 0.3) is 0 Å². The highest BCUT2D eigenvalue weighted by molar-refractivity contribution is 7.93. The lowest BCUT2D eigenvalue weighted by atomic mass is 10.1. The topological polar surface area (TPSA) is 63.2 Å². The second-order valence-corrected chi connectivity index (χ2v) is 9.38. The lowest BCUT2D eigenvalue weighted by Gasteiger charge is -2.13. The molecule has 0 saturated carbocycles. The molecule has 23 heavy (non-hydrogen) atoms. The van der Waals surface area contributed by atoms with Gasteiger partial charge in [-0.1, -0.05) is 30.7 Å². The third-order valence-electron chi connectivity index (χ3n) is 4.17. The summed E-state index contributed by atoms with van der Waals surface area (Å²) in [6.45, 7) is 3.67. The number of nitrogens with one attached hydrogen (secondary N) is 1. The van der Waals surface area contributed by atoms with Gasteiger partial charge in [0, 0.05) is 0 Å². The number of carbonyl (C=O) groups excluding carboxylic acids is 1. The summed E-state index contributed by atoms with van der Waals surface area (Å²) in [6.07, 6.45) is 1.85. The fourth-order valence-corrected chi connectivity index (χ4v) is 5.21. The lowest BCUT2D eigenvalue weighted by Crippen LogP contribution is -2.26. The maximum absolute atomic E-state index is 12.4. The molecule has 1 aromatic heterocycles. The molecule has 1 aromatic carbocycles. The van der Waals surface area contributed by atoms with Crippen molar-refractivity contribution in [3.63, 3.8) is 0 Å². The number of amides is 1. The molecule has 3 rings (SSSR count). The molecule has 0 radical (unpaired) electrons. The molecule has 0 unspecified atom stereocenters. The van der Waals surface area contributed by atoms with Crippen LogP contribution in [0.15, 0.2) is 34.5 Å². The SMILES string of the molecule is CCS(=O)(=O)c1ccc(C(=O)N[C@@H]2CCc3cc(C)ccc32)s1. The predicted octanol–water partition coefficient (Wildman–Crippen LogP) is 3.27. The molecule has 0 aliphatic heterocycles. The molecule has 0 bridgehead atoms. The highest BCUT2D eigenvalue weighted by atomic mass is 32.2. The van der Waals surface area contributed by atoms with Gasteiger partial charge in [0.05, 0.1) is 16.7 Å². The second-order valence-electron chi connectivity index (χ2n) is 5.79. The van der Waals surface area contributed by atoms with Crippen molar-refractivity contribution in [3.8, 4) is 0 Å². The van der Waals surface area contributed by atoms with Crippen molar-refractivity contribution in [1.29, 1.82) is 0 Å². The Bertz CT molecular complexity index is 852. The van der Waals surface area contributed by atoms with Crippen molar-refractivity contribution >= 4 is 27.1 Å². The van der Waals surface area contributed by atoms with Crippen molar-refractivity contribution in [2.75, 3.05) is 5.75 Å². The Morgan fingerprint density at radius 2 is 2.09 bits per heavy atom. The number of fused-ring (bicyclic) bond motifs is 1. The lowest BCUT2D eigenvalue weighted by molar-refractivity contribution is 0.0941. The first-order valence-electron chi connectivity index (χ1n) is 7.63. The van der Waals surface area contributed by atoms with E-state index in [1.54, 1.807) is 13.0 Å². The maximum atomic E-state index is 12.4. The highest BCUT2D eigenvalue weighted by Crippen LogP contribution is 2.32. The summed E-state index contributed by atoms with van der Waals surface area (Å²) in [4.78, 5) is 12.9. The highest BCUT2D eigenvalue weighted by Gasteiger charge is 2.25. The minimum Gasteiger partial charge on any atom is -0.345 e. The van der Waals surface area contributed by atoms with Crippen LogP contribution in [-0.4, -0.2) is 20.1 Å². The van der Waals surface area contributed by atoms with Crippen molar-refractivity contribution in [3.05, 3.63) is 51.9 Å². The number of hydrogen-bond donors (Lipinski definition) is 1. The van der Waals surface area contributed by atoms with E-state index in [4.69, 9.17) is 0 Å². The zero-order valence-corrected chi connectivity index (χ0v) is 14.8. The average Bonchev–Trinajstić information content (AvgIpc) is 3.15. The summed E-state index contributed by atoms with van der Waals surface area (Å²) in [6, 6.07) is 9.41. The van der Waals surface area contributed by atoms with Gasteiger partial charge < -0.3 is 5.32 Å². The molecule has 2 aromatic rings. The van der Waals surface area contributed by atoms with Crippen LogP contribution >= 0.6 is 11.3 Å². The second kappa shape index (κ2) is 6.09. The number of hydrogen-bond acceptors (Lipinski definition) is 4. The van der Waals surface area contributed by atoms with Gasteiger partial charge in [-0.25, -0.2) is 8.42 Å². The molecule has 1 heterocycles. The van der Waals surface area contributed by atoms with E-state index in [9.17, 15) is 13.2 Å². The van der Waals surface area contributed by atoms with E-state index in [2.05, 4.69) is 30.4 Å². The van der Waals surface area contributed by atoms with Crippen molar-refractivity contribution in [2.24, 2.45) is 0 Å². The van der Waals surface area contributed by atoms with Gasteiger partial charge in [0.1, 0.15) is 4.21 Å². The minimum absolute atomic E-state index is 0.00596. The maximum Gasteiger partial charge on any atom is 0.261 e. The Kier molecular flexibility index (Phi) is 4.29. The van der Waals surface area contributed by atoms with Crippen LogP contribution in [0.3, 0.4) is 0 Å². The molecular weight excluding hydrogens is 330 g/mol. The van der Waals surface area contributed by atoms with Gasteiger partial charge in [0.25, 0.3) is 5.91 Å². The van der Waals surface area contributed by atoms with Gasteiger partial charge in [-0.3, -0.25) is 4.79 Å². The molecule has 0 fully saturated rings. The van der Waals surface area contributed by atoms with Crippen LogP contribution in [0.5, 0.6) is 0 Å². The molecule has 1 aliphatic carbocycles. The molecular formula is C17H19NO3S2. The summed E-state index contributed by atoms with van der Waals surface area (Å²) >= 11 is 1.04. The largest absolute Gasteiger partial charge is 0.345 e. The zero-order valence-electron chi connectivity index (χ0n) is 13.1. The number of aryl methyl sites for hydroxylation is 2. The van der Waals surface area contributed by atoms with Crippen molar-refractivity contribution < 1.29 is 13.2 Å². The van der Waals surface area contributed by atoms with Crippen molar-refractivity contribution in [2.45, 2.75) is 36.9 Å². The van der Waals surface area contributed by atoms with Crippen molar-refractivity contribution in [1.82, 2.24) is 5.32 Å². The molecule has 122 valence electrons. The van der Waals surface area contributed by atoms with E-state index in [1.165, 1.54) is 22.8 Å². The molecule has 4 nitrogen and oxygen atoms in total. The Labute approximate surface area is 140 Å². The number of thiophene rings is 1. The molecule has 1 aliphatic rings. The smallest absolute Gasteiger partial charge is 0.261 e. The van der Waals surface area contributed by atoms with E-state index in [1.807, 2.05) is 0 Å². The Balaban J connectivity index is 1.77. The quantitative estimate of drug-likeness (QED) is 0.921. The van der Waals surface area contributed by atoms with E-state index in [0.29, 0.717) is 4.88 Å². The van der Waals surface area contributed by atoms with E-state index < -0.39 is 9.84 Å². The monoisotopic (exact) mass is 349 g/mol. The van der Waals surface area contributed by atoms with Gasteiger partial charge in [-0.2, -0.15) is 0 Å². The average molecular weight is 349 g/mol. The number of carbonyl (C=O) groups is 1. The summed E-state index contributed by atoms with van der Waals surface area (Å²) < 4.78 is 24.0. The van der Waals surface area contributed by atoms with Crippen LogP contribution in [0, 0.1) is 6.92 Å². The number of benzene rings is 1. The summed E-state index contributed by atoms with van der Waals surface area (Å²) in [5.41, 5.74) is 3.68. The summed E-state index contributed by atoms with van der Waals surface area (Å²) in [7, 11) is -3.25. The number of rotatable bonds is 4. The first kappa shape index (κ1) is 16.2. The summed E-state index contributed by atoms with van der Waals surface area (Å²) in [5.74, 6) is -0.157. The van der Waals surface area contributed by atoms with E-state index in [0.717, 1.165) is 24.2 Å². The third-order valence-corrected chi connectivity index (χ3v) is 7.57. The number of sulfone groups is 1. The summed E-state index contributed by atoms with van der Waals surface area (Å²) in [5, 5.41) is 3.03. The van der Waals surface area contributed by atoms with Gasteiger partial charge in [0.2, 0.25) is 0 Å². The molecule has 1 amide bonds. The van der Waals surface area contributed by atoms with Crippen LogP contribution in [-0.2, 0) is 16.3 Å². The molecule has 0 spiro atoms. The van der Waals surface area contributed by atoms with Gasteiger partial charge >= 0.3 is 0 Å². The molecule has 1 atom stereocenters. The van der Waals surface area contributed by atoms with Gasteiger partial charge in [0.15, 0.2) is 9.84 Å². The minimum atomic E-state index is -3.25. The molecule has 6 heteroatoms. The van der Waals surface area contributed by atoms with Crippen LogP contribution in [0.2, 0.25) is 0 Å². The Morgan fingerprint density at radius 1 is 1.30 bits per heavy atom. The fraction of sp³-hybridized carbons (Fsp3) is 0.353. The van der Waals surface area contributed by atoms with Gasteiger partial charge in [-0.05, 0) is 43.0 Å². The van der Waals surface area contributed by atoms with Crippen LogP contribution in [0.4, 0.5) is 0 Å². The standard InChI is InChI=1S/C17H19NO3S2/c1-3-23(20,21)16-9-8-15(22-16)17(19)18-14-7-5-12-10-11(2)4-6-13(12)14/h4,6,8-10,14H,3,5,7H2,1-2H3,(H,18,19)/t14-/m1/s1. The fourth-order valence-electron chi connectivity index (χ4n) is 2.88. The predicted molar refractivity (Wildman–Crippen MR) is 91.8 cm³/mol. The first-order chi connectivity index (χ1) is 10.9. The third kappa shape index (κ3) is 3.19. The Morgan fingerprint density at radius 3 is 2.83 bits per heavy atom. The zero-order chi connectivity index (χ0) is 16.6. The van der Waals surface area contributed by atoms with E-state index in [-0.39, 0.29) is 21.9 Å². The van der Waals surface area contributed by atoms with Crippen LogP contribution in [0.1, 0.15) is 45.7 Å². The Hall–Kier alpha value is -1.66. The van der Waals surface area contributed by atoms with Gasteiger partial charge in [-0.15, -0.1) is 11.3 Å². The normalized spacial score (nSPS) is 17.0. The van der Waals surface area contributed by atoms with Crippen LogP contribution < -0.4 is 5.32 Å². The first-order valence-corrected chi connectivity index (χ1v) is 10.1.